The van der Waals surface area contributed by atoms with Crippen molar-refractivity contribution in [2.45, 2.75) is 20.3 Å². The van der Waals surface area contributed by atoms with Crippen molar-refractivity contribution in [3.8, 4) is 0 Å². The van der Waals surface area contributed by atoms with Crippen LogP contribution < -0.4 is 0 Å². The molecule has 1 unspecified atom stereocenters. The number of ether oxygens (including phenoxy) is 1. The first kappa shape index (κ1) is 13.0. The maximum atomic E-state index is 11.1. The molecular weight excluding hydrogens is 208 g/mol. The van der Waals surface area contributed by atoms with E-state index in [0.29, 0.717) is 5.03 Å². The highest BCUT2D eigenvalue weighted by molar-refractivity contribution is 6.29. The molecule has 0 aromatic rings. The lowest BCUT2D eigenvalue weighted by atomic mass is 10.1. The number of carbonyl (C=O) groups excluding carboxylic acids is 1. The number of carboxylic acids is 1. The molecule has 0 rings (SSSR count). The van der Waals surface area contributed by atoms with Crippen molar-refractivity contribution in [3.63, 3.8) is 0 Å². The standard InChI is InChI=1S/C9H13ClO4/c1-3-14-9(13)7(8(11)12)5-4-6(2)10/h4,7H,3,5H2,1-2H3,(H,11,12)/b6-4-. The number of carboxylic acid groups (broad SMARTS) is 1. The van der Waals surface area contributed by atoms with Crippen LogP contribution in [0.3, 0.4) is 0 Å². The topological polar surface area (TPSA) is 63.6 Å². The molecule has 0 saturated carbocycles. The molecule has 0 aliphatic heterocycles. The Labute approximate surface area is 87.5 Å². The van der Waals surface area contributed by atoms with Gasteiger partial charge in [0.15, 0.2) is 5.92 Å². The van der Waals surface area contributed by atoms with Crippen molar-refractivity contribution < 1.29 is 19.4 Å². The second-order valence-electron chi connectivity index (χ2n) is 2.67. The first-order chi connectivity index (χ1) is 6.49. The Balaban J connectivity index is 4.37. The largest absolute Gasteiger partial charge is 0.481 e. The third-order valence-electron chi connectivity index (χ3n) is 1.50. The maximum absolute atomic E-state index is 11.1. The van der Waals surface area contributed by atoms with Gasteiger partial charge < -0.3 is 9.84 Å². The van der Waals surface area contributed by atoms with E-state index >= 15 is 0 Å². The first-order valence-electron chi connectivity index (χ1n) is 4.20. The minimum Gasteiger partial charge on any atom is -0.481 e. The zero-order chi connectivity index (χ0) is 11.1. The molecule has 0 bridgehead atoms. The first-order valence-corrected chi connectivity index (χ1v) is 4.58. The summed E-state index contributed by atoms with van der Waals surface area (Å²) in [7, 11) is 0. The molecule has 1 N–H and O–H groups in total. The zero-order valence-corrected chi connectivity index (χ0v) is 8.87. The van der Waals surface area contributed by atoms with Gasteiger partial charge in [-0.2, -0.15) is 0 Å². The predicted molar refractivity (Wildman–Crippen MR) is 52.0 cm³/mol. The van der Waals surface area contributed by atoms with Gasteiger partial charge in [-0.3, -0.25) is 9.59 Å². The van der Waals surface area contributed by atoms with Gasteiger partial charge in [0, 0.05) is 5.03 Å². The van der Waals surface area contributed by atoms with E-state index in [-0.39, 0.29) is 13.0 Å². The molecule has 0 heterocycles. The number of carbonyl (C=O) groups is 2. The molecule has 0 aliphatic carbocycles. The maximum Gasteiger partial charge on any atom is 0.320 e. The molecule has 5 heteroatoms. The molecule has 0 fully saturated rings. The van der Waals surface area contributed by atoms with Crippen molar-refractivity contribution >= 4 is 23.5 Å². The molecule has 14 heavy (non-hydrogen) atoms. The summed E-state index contributed by atoms with van der Waals surface area (Å²) in [5.74, 6) is -3.09. The third kappa shape index (κ3) is 4.87. The van der Waals surface area contributed by atoms with Gasteiger partial charge in [-0.05, 0) is 20.3 Å². The number of hydrogen-bond acceptors (Lipinski definition) is 3. The van der Waals surface area contributed by atoms with Crippen LogP contribution in [0.5, 0.6) is 0 Å². The summed E-state index contributed by atoms with van der Waals surface area (Å²) in [5, 5.41) is 9.17. The fraction of sp³-hybridized carbons (Fsp3) is 0.556. The van der Waals surface area contributed by atoms with E-state index in [2.05, 4.69) is 4.74 Å². The summed E-state index contributed by atoms with van der Waals surface area (Å²) < 4.78 is 4.61. The lowest BCUT2D eigenvalue weighted by molar-refractivity contribution is -0.158. The van der Waals surface area contributed by atoms with E-state index in [0.717, 1.165) is 0 Å². The molecular formula is C9H13ClO4. The van der Waals surface area contributed by atoms with Crippen molar-refractivity contribution in [3.05, 3.63) is 11.1 Å². The van der Waals surface area contributed by atoms with Gasteiger partial charge in [-0.25, -0.2) is 0 Å². The Morgan fingerprint density at radius 2 is 2.14 bits per heavy atom. The fourth-order valence-electron chi connectivity index (χ4n) is 0.821. The predicted octanol–water partition coefficient (Wildman–Crippen LogP) is 1.78. The highest BCUT2D eigenvalue weighted by Gasteiger charge is 2.26. The van der Waals surface area contributed by atoms with Gasteiger partial charge in [0.1, 0.15) is 0 Å². The van der Waals surface area contributed by atoms with Crippen LogP contribution in [0.1, 0.15) is 20.3 Å². The van der Waals surface area contributed by atoms with Crippen LogP contribution in [0.25, 0.3) is 0 Å². The number of rotatable bonds is 5. The van der Waals surface area contributed by atoms with Gasteiger partial charge in [0.25, 0.3) is 0 Å². The second-order valence-corrected chi connectivity index (χ2v) is 3.27. The molecule has 0 saturated heterocycles. The monoisotopic (exact) mass is 220 g/mol. The van der Waals surface area contributed by atoms with Crippen LogP contribution in [-0.4, -0.2) is 23.7 Å². The van der Waals surface area contributed by atoms with Crippen LogP contribution in [-0.2, 0) is 14.3 Å². The summed E-state index contributed by atoms with van der Waals surface area (Å²) in [6.07, 6.45) is 1.54. The second kappa shape index (κ2) is 6.43. The molecule has 1 atom stereocenters. The van der Waals surface area contributed by atoms with Crippen LogP contribution in [0.2, 0.25) is 0 Å². The van der Waals surface area contributed by atoms with Crippen LogP contribution in [0.15, 0.2) is 11.1 Å². The summed E-state index contributed by atoms with van der Waals surface area (Å²) in [4.78, 5) is 21.8. The molecule has 0 aliphatic rings. The molecule has 0 spiro atoms. The van der Waals surface area contributed by atoms with Crippen molar-refractivity contribution in [2.75, 3.05) is 6.61 Å². The number of hydrogen-bond donors (Lipinski definition) is 1. The average molecular weight is 221 g/mol. The third-order valence-corrected chi connectivity index (χ3v) is 1.66. The van der Waals surface area contributed by atoms with Gasteiger partial charge in [0.2, 0.25) is 0 Å². The quantitative estimate of drug-likeness (QED) is 0.567. The summed E-state index contributed by atoms with van der Waals surface area (Å²) in [6.45, 7) is 3.41. The Hall–Kier alpha value is -1.03. The molecule has 4 nitrogen and oxygen atoms in total. The van der Waals surface area contributed by atoms with Crippen LogP contribution >= 0.6 is 11.6 Å². The highest BCUT2D eigenvalue weighted by atomic mass is 35.5. The zero-order valence-electron chi connectivity index (χ0n) is 8.12. The number of esters is 1. The Morgan fingerprint density at radius 1 is 1.57 bits per heavy atom. The fourth-order valence-corrected chi connectivity index (χ4v) is 0.910. The van der Waals surface area contributed by atoms with Crippen molar-refractivity contribution in [1.29, 1.82) is 0 Å². The van der Waals surface area contributed by atoms with E-state index in [1.54, 1.807) is 13.8 Å². The summed E-state index contributed by atoms with van der Waals surface area (Å²) in [5.41, 5.74) is 0. The minimum absolute atomic E-state index is 0.0590. The lowest BCUT2D eigenvalue weighted by Gasteiger charge is -2.08. The van der Waals surface area contributed by atoms with Gasteiger partial charge in [0.05, 0.1) is 6.61 Å². The molecule has 0 aromatic heterocycles. The normalized spacial score (nSPS) is 13.5. The number of allylic oxidation sites excluding steroid dienone is 2. The number of aliphatic carboxylic acids is 1. The Morgan fingerprint density at radius 3 is 2.50 bits per heavy atom. The Bertz CT molecular complexity index is 243. The highest BCUT2D eigenvalue weighted by Crippen LogP contribution is 2.11. The van der Waals surface area contributed by atoms with Gasteiger partial charge in [-0.15, -0.1) is 0 Å². The SMILES string of the molecule is CCOC(=O)C(C/C=C(/C)Cl)C(=O)O. The minimum atomic E-state index is -1.20. The molecule has 0 radical (unpaired) electrons. The van der Waals surface area contributed by atoms with E-state index < -0.39 is 17.9 Å². The van der Waals surface area contributed by atoms with E-state index in [4.69, 9.17) is 16.7 Å². The molecule has 80 valence electrons. The Kier molecular flexibility index (Phi) is 5.95. The summed E-state index contributed by atoms with van der Waals surface area (Å²) >= 11 is 5.52. The van der Waals surface area contributed by atoms with Crippen LogP contribution in [0.4, 0.5) is 0 Å². The van der Waals surface area contributed by atoms with E-state index in [1.165, 1.54) is 6.08 Å². The van der Waals surface area contributed by atoms with E-state index in [1.807, 2.05) is 0 Å². The van der Waals surface area contributed by atoms with Crippen molar-refractivity contribution in [2.24, 2.45) is 5.92 Å². The smallest absolute Gasteiger partial charge is 0.320 e. The lowest BCUT2D eigenvalue weighted by Crippen LogP contribution is -2.25. The van der Waals surface area contributed by atoms with Crippen LogP contribution in [0, 0.1) is 5.92 Å². The summed E-state index contributed by atoms with van der Waals surface area (Å²) in [6, 6.07) is 0. The molecule has 0 amide bonds. The average Bonchev–Trinajstić information content (AvgIpc) is 2.03. The van der Waals surface area contributed by atoms with Crippen molar-refractivity contribution in [1.82, 2.24) is 0 Å². The number of halogens is 1. The van der Waals surface area contributed by atoms with Gasteiger partial charge in [-0.1, -0.05) is 17.7 Å². The van der Waals surface area contributed by atoms with E-state index in [9.17, 15) is 9.59 Å². The van der Waals surface area contributed by atoms with Gasteiger partial charge >= 0.3 is 11.9 Å². The molecule has 0 aromatic carbocycles.